The van der Waals surface area contributed by atoms with Crippen molar-refractivity contribution in [2.75, 3.05) is 13.2 Å². The molecule has 1 fully saturated rings. The second kappa shape index (κ2) is 10.1. The standard InChI is InChI=1S/C9H14NO5.2Na/c1-5(13)10-9-7(14)2-6(3-11)15-8(9)4-12;;/h2,6-9,12H,3-4H2,1H3,(H,10,13);;/q-2;2*+1/t6?,7-,8+,9?;;/m1../s1. The summed E-state index contributed by atoms with van der Waals surface area (Å²) >= 11 is 0. The fraction of sp³-hybridized carbons (Fsp3) is 0.778. The molecule has 1 rings (SSSR count). The summed E-state index contributed by atoms with van der Waals surface area (Å²) in [6.45, 7) is 0.330. The van der Waals surface area contributed by atoms with Crippen LogP contribution in [0.1, 0.15) is 6.92 Å². The zero-order valence-corrected chi connectivity index (χ0v) is 14.4. The third-order valence-electron chi connectivity index (χ3n) is 2.22. The van der Waals surface area contributed by atoms with Crippen molar-refractivity contribution in [3.63, 3.8) is 0 Å². The quantitative estimate of drug-likeness (QED) is 0.491. The Kier molecular flexibility index (Phi) is 12.3. The fourth-order valence-corrected chi connectivity index (χ4v) is 1.56. The van der Waals surface area contributed by atoms with E-state index in [9.17, 15) is 15.0 Å². The molecule has 87 valence electrons. The summed E-state index contributed by atoms with van der Waals surface area (Å²) in [5.41, 5.74) is 0. The first-order valence-electron chi connectivity index (χ1n) is 4.70. The van der Waals surface area contributed by atoms with Crippen LogP contribution < -0.4 is 74.6 Å². The molecule has 1 aliphatic rings. The minimum Gasteiger partial charge on any atom is -0.853 e. The van der Waals surface area contributed by atoms with E-state index < -0.39 is 37.6 Å². The topological polar surface area (TPSA) is 105 Å². The van der Waals surface area contributed by atoms with Crippen molar-refractivity contribution in [3.8, 4) is 0 Å². The minimum atomic E-state index is -1.22. The van der Waals surface area contributed by atoms with Crippen LogP contribution in [0.15, 0.2) is 0 Å². The molecule has 1 aliphatic heterocycles. The maximum absolute atomic E-state index is 11.6. The summed E-state index contributed by atoms with van der Waals surface area (Å²) in [7, 11) is 0. The van der Waals surface area contributed by atoms with Gasteiger partial charge in [0.25, 0.3) is 0 Å². The molecule has 1 amide bonds. The molecule has 0 aromatic heterocycles. The molecule has 0 bridgehead atoms. The number of nitrogens with one attached hydrogen (secondary N) is 1. The number of hydrogen-bond donors (Lipinski definition) is 2. The molecule has 8 heteroatoms. The van der Waals surface area contributed by atoms with Crippen molar-refractivity contribution >= 4 is 5.91 Å². The summed E-state index contributed by atoms with van der Waals surface area (Å²) in [6.07, 6.45) is -1.59. The Labute approximate surface area is 145 Å². The molecule has 6 nitrogen and oxygen atoms in total. The van der Waals surface area contributed by atoms with Crippen LogP contribution >= 0.6 is 0 Å². The maximum Gasteiger partial charge on any atom is 1.00 e. The van der Waals surface area contributed by atoms with E-state index in [1.807, 2.05) is 0 Å². The van der Waals surface area contributed by atoms with Gasteiger partial charge >= 0.3 is 59.1 Å². The summed E-state index contributed by atoms with van der Waals surface area (Å²) in [6, 6.07) is -0.810. The van der Waals surface area contributed by atoms with Gasteiger partial charge in [-0.1, -0.05) is 6.10 Å². The smallest absolute Gasteiger partial charge is 0.853 e. The van der Waals surface area contributed by atoms with E-state index in [1.165, 1.54) is 13.3 Å². The van der Waals surface area contributed by atoms with Crippen LogP contribution in [0.25, 0.3) is 0 Å². The summed E-state index contributed by atoms with van der Waals surface area (Å²) in [5, 5.41) is 33.5. The zero-order chi connectivity index (χ0) is 11.4. The van der Waals surface area contributed by atoms with E-state index in [0.717, 1.165) is 0 Å². The van der Waals surface area contributed by atoms with E-state index in [4.69, 9.17) is 9.84 Å². The van der Waals surface area contributed by atoms with Gasteiger partial charge < -0.3 is 25.4 Å². The van der Waals surface area contributed by atoms with E-state index in [1.54, 1.807) is 0 Å². The number of aliphatic hydroxyl groups excluding tert-OH is 1. The Balaban J connectivity index is 0. The Hall–Kier alpha value is 1.31. The molecule has 0 aromatic carbocycles. The molecule has 1 saturated heterocycles. The van der Waals surface area contributed by atoms with Crippen molar-refractivity contribution < 1.29 is 84.0 Å². The molecule has 0 spiro atoms. The number of amides is 1. The van der Waals surface area contributed by atoms with Gasteiger partial charge in [-0.25, -0.2) is 0 Å². The monoisotopic (exact) mass is 262 g/mol. The Morgan fingerprint density at radius 3 is 2.53 bits per heavy atom. The first-order chi connectivity index (χ1) is 7.08. The van der Waals surface area contributed by atoms with Gasteiger partial charge in [-0.05, 0) is 6.42 Å². The van der Waals surface area contributed by atoms with Gasteiger partial charge in [0.1, 0.15) is 0 Å². The van der Waals surface area contributed by atoms with Crippen LogP contribution in [0.4, 0.5) is 0 Å². The molecular formula is C9H14NNa2O5. The number of hydrogen-bond acceptors (Lipinski definition) is 5. The number of aliphatic hydroxyl groups is 1. The molecule has 0 saturated carbocycles. The van der Waals surface area contributed by atoms with Crippen LogP contribution in [0, 0.1) is 6.42 Å². The van der Waals surface area contributed by atoms with Crippen LogP contribution in [-0.4, -0.2) is 48.6 Å². The Bertz CT molecular complexity index is 231. The molecule has 1 radical (unpaired) electrons. The van der Waals surface area contributed by atoms with Gasteiger partial charge in [-0.15, -0.1) is 6.61 Å². The Morgan fingerprint density at radius 2 is 2.12 bits per heavy atom. The van der Waals surface area contributed by atoms with Crippen LogP contribution in [0.2, 0.25) is 0 Å². The number of rotatable bonds is 3. The molecule has 4 atom stereocenters. The predicted molar refractivity (Wildman–Crippen MR) is 46.3 cm³/mol. The minimum absolute atomic E-state index is 0. The number of carbonyl (C=O) groups excluding carboxylic acids is 1. The van der Waals surface area contributed by atoms with Gasteiger partial charge in [-0.2, -0.15) is 0 Å². The third kappa shape index (κ3) is 6.33. The average Bonchev–Trinajstić information content (AvgIpc) is 2.20. The van der Waals surface area contributed by atoms with Crippen molar-refractivity contribution in [1.82, 2.24) is 5.32 Å². The molecule has 17 heavy (non-hydrogen) atoms. The zero-order valence-electron chi connectivity index (χ0n) is 10.4. The second-order valence-corrected chi connectivity index (χ2v) is 3.45. The van der Waals surface area contributed by atoms with Crippen molar-refractivity contribution in [3.05, 3.63) is 6.42 Å². The third-order valence-corrected chi connectivity index (χ3v) is 2.22. The van der Waals surface area contributed by atoms with Gasteiger partial charge in [0, 0.05) is 19.1 Å². The van der Waals surface area contributed by atoms with Gasteiger partial charge in [-0.3, -0.25) is 4.79 Å². The first-order valence-corrected chi connectivity index (χ1v) is 4.70. The molecular weight excluding hydrogens is 248 g/mol. The normalized spacial score (nSPS) is 32.0. The average molecular weight is 262 g/mol. The van der Waals surface area contributed by atoms with E-state index in [2.05, 4.69) is 5.32 Å². The van der Waals surface area contributed by atoms with Crippen LogP contribution in [-0.2, 0) is 9.53 Å². The van der Waals surface area contributed by atoms with Crippen molar-refractivity contribution in [2.24, 2.45) is 0 Å². The van der Waals surface area contributed by atoms with Crippen molar-refractivity contribution in [2.45, 2.75) is 31.3 Å². The van der Waals surface area contributed by atoms with Gasteiger partial charge in [0.05, 0.1) is 12.7 Å². The Morgan fingerprint density at radius 1 is 1.53 bits per heavy atom. The molecule has 2 N–H and O–H groups in total. The van der Waals surface area contributed by atoms with E-state index >= 15 is 0 Å². The fourth-order valence-electron chi connectivity index (χ4n) is 1.56. The molecule has 0 aliphatic carbocycles. The van der Waals surface area contributed by atoms with E-state index in [0.29, 0.717) is 0 Å². The molecule has 2 unspecified atom stereocenters. The van der Waals surface area contributed by atoms with Gasteiger partial charge in [0.2, 0.25) is 5.91 Å². The number of carbonyl (C=O) groups is 1. The van der Waals surface area contributed by atoms with Gasteiger partial charge in [0.15, 0.2) is 0 Å². The maximum atomic E-state index is 11.6. The predicted octanol–water partition coefficient (Wildman–Crippen LogP) is -9.45. The summed E-state index contributed by atoms with van der Waals surface area (Å²) in [4.78, 5) is 10.8. The summed E-state index contributed by atoms with van der Waals surface area (Å²) < 4.78 is 5.14. The molecule has 1 heterocycles. The first kappa shape index (κ1) is 20.6. The van der Waals surface area contributed by atoms with Crippen LogP contribution in [0.3, 0.4) is 0 Å². The summed E-state index contributed by atoms with van der Waals surface area (Å²) in [5.74, 6) is -0.364. The largest absolute Gasteiger partial charge is 1.00 e. The number of ether oxygens (including phenoxy) is 1. The van der Waals surface area contributed by atoms with Crippen LogP contribution in [0.5, 0.6) is 0 Å². The van der Waals surface area contributed by atoms with Crippen molar-refractivity contribution in [1.29, 1.82) is 0 Å². The molecule has 0 aromatic rings. The second-order valence-electron chi connectivity index (χ2n) is 3.45. The van der Waals surface area contributed by atoms with E-state index in [-0.39, 0.29) is 65.0 Å². The SMILES string of the molecule is CC(=O)NC1[C@H]([O-])[CH]C(C[O-])O[C@H]1CO.[Na+].[Na+].